The molecule has 1 aliphatic heterocycles. The van der Waals surface area contributed by atoms with Crippen LogP contribution in [-0.4, -0.2) is 78.0 Å². The molecular formula is C30H38N4O8. The predicted molar refractivity (Wildman–Crippen MR) is 156 cm³/mol. The summed E-state index contributed by atoms with van der Waals surface area (Å²) in [4.78, 5) is 66.9. The summed E-state index contributed by atoms with van der Waals surface area (Å²) in [5.74, 6) is -2.82. The summed E-state index contributed by atoms with van der Waals surface area (Å²) in [7, 11) is 0. The van der Waals surface area contributed by atoms with E-state index in [9.17, 15) is 24.0 Å². The van der Waals surface area contributed by atoms with Gasteiger partial charge in [-0.25, -0.2) is 9.59 Å². The number of ether oxygens (including phenoxy) is 3. The molecule has 2 aromatic rings. The van der Waals surface area contributed by atoms with Crippen LogP contribution in [0.2, 0.25) is 0 Å². The Kier molecular flexibility index (Phi) is 10.6. The molecule has 0 aliphatic carbocycles. The first-order valence-corrected chi connectivity index (χ1v) is 13.8. The van der Waals surface area contributed by atoms with Gasteiger partial charge in [0.15, 0.2) is 12.2 Å². The molecule has 1 aliphatic rings. The predicted octanol–water partition coefficient (Wildman–Crippen LogP) is 2.98. The fourth-order valence-electron chi connectivity index (χ4n) is 4.55. The summed E-state index contributed by atoms with van der Waals surface area (Å²) < 4.78 is 15.2. The monoisotopic (exact) mass is 582 g/mol. The van der Waals surface area contributed by atoms with Crippen LogP contribution in [0.1, 0.15) is 67.5 Å². The van der Waals surface area contributed by atoms with Crippen molar-refractivity contribution in [2.24, 2.45) is 0 Å². The SMILES string of the molecule is CCN(CC)CCNC(=O)c1c(C)[nH]c(/C=C2\C(=O)Nc3ccc(OC(=O)[C@H](C)OC(=O)[C@H](C)OC(C)=O)cc32)c1C. The molecule has 12 nitrogen and oxygen atoms in total. The molecule has 3 N–H and O–H groups in total. The van der Waals surface area contributed by atoms with Crippen LogP contribution in [0.25, 0.3) is 11.6 Å². The van der Waals surface area contributed by atoms with Crippen molar-refractivity contribution in [1.82, 2.24) is 15.2 Å². The molecule has 12 heteroatoms. The van der Waals surface area contributed by atoms with E-state index in [0.29, 0.717) is 45.9 Å². The Morgan fingerprint density at radius 1 is 1.02 bits per heavy atom. The highest BCUT2D eigenvalue weighted by Gasteiger charge is 2.28. The quantitative estimate of drug-likeness (QED) is 0.194. The fraction of sp³-hybridized carbons (Fsp3) is 0.433. The smallest absolute Gasteiger partial charge is 0.352 e. The van der Waals surface area contributed by atoms with Gasteiger partial charge >= 0.3 is 17.9 Å². The largest absolute Gasteiger partial charge is 0.451 e. The minimum atomic E-state index is -1.28. The maximum atomic E-state index is 13.0. The Bertz CT molecular complexity index is 1410. The minimum absolute atomic E-state index is 0.129. The average molecular weight is 583 g/mol. The first-order chi connectivity index (χ1) is 19.9. The molecule has 0 spiro atoms. The van der Waals surface area contributed by atoms with Gasteiger partial charge in [-0.05, 0) is 70.6 Å². The Morgan fingerprint density at radius 3 is 2.33 bits per heavy atom. The molecule has 42 heavy (non-hydrogen) atoms. The number of aromatic nitrogens is 1. The first kappa shape index (κ1) is 32.1. The van der Waals surface area contributed by atoms with E-state index >= 15 is 0 Å². The number of nitrogens with one attached hydrogen (secondary N) is 3. The van der Waals surface area contributed by atoms with E-state index in [1.807, 2.05) is 6.92 Å². The second-order valence-electron chi connectivity index (χ2n) is 9.92. The fourth-order valence-corrected chi connectivity index (χ4v) is 4.55. The summed E-state index contributed by atoms with van der Waals surface area (Å²) in [5.41, 5.74) is 3.83. The average Bonchev–Trinajstić information content (AvgIpc) is 3.39. The molecule has 0 radical (unpaired) electrons. The number of esters is 3. The second kappa shape index (κ2) is 13.9. The van der Waals surface area contributed by atoms with E-state index in [2.05, 4.69) is 34.4 Å². The van der Waals surface area contributed by atoms with Crippen molar-refractivity contribution in [3.05, 3.63) is 46.3 Å². The molecule has 0 saturated heterocycles. The number of nitrogens with zero attached hydrogens (tertiary/aromatic N) is 1. The molecular weight excluding hydrogens is 544 g/mol. The number of benzene rings is 1. The normalized spacial score (nSPS) is 14.7. The zero-order chi connectivity index (χ0) is 31.1. The molecule has 2 amide bonds. The van der Waals surface area contributed by atoms with Gasteiger partial charge in [-0.2, -0.15) is 0 Å². The molecule has 2 atom stereocenters. The second-order valence-corrected chi connectivity index (χ2v) is 9.92. The lowest BCUT2D eigenvalue weighted by molar-refractivity contribution is -0.173. The van der Waals surface area contributed by atoms with Gasteiger partial charge in [0.2, 0.25) is 0 Å². The van der Waals surface area contributed by atoms with Gasteiger partial charge in [0.05, 0.1) is 11.1 Å². The first-order valence-electron chi connectivity index (χ1n) is 13.8. The molecule has 0 bridgehead atoms. The third-order valence-corrected chi connectivity index (χ3v) is 6.89. The number of rotatable bonds is 12. The number of likely N-dealkylation sites (N-methyl/N-ethyl adjacent to an activating group) is 1. The Hall–Kier alpha value is -4.45. The number of carbonyl (C=O) groups excluding carboxylic acids is 5. The molecule has 1 aromatic carbocycles. The number of aromatic amines is 1. The molecule has 0 saturated carbocycles. The van der Waals surface area contributed by atoms with Crippen LogP contribution in [0.4, 0.5) is 5.69 Å². The van der Waals surface area contributed by atoms with E-state index < -0.39 is 30.1 Å². The molecule has 226 valence electrons. The van der Waals surface area contributed by atoms with Gasteiger partial charge in [0, 0.05) is 42.7 Å². The number of carbonyl (C=O) groups is 5. The van der Waals surface area contributed by atoms with Crippen LogP contribution < -0.4 is 15.4 Å². The van der Waals surface area contributed by atoms with Gasteiger partial charge in [0.1, 0.15) is 5.75 Å². The number of H-pyrrole nitrogens is 1. The number of aryl methyl sites for hydroxylation is 1. The van der Waals surface area contributed by atoms with Gasteiger partial charge in [-0.15, -0.1) is 0 Å². The van der Waals surface area contributed by atoms with E-state index in [4.69, 9.17) is 14.2 Å². The highest BCUT2D eigenvalue weighted by Crippen LogP contribution is 2.36. The lowest BCUT2D eigenvalue weighted by Crippen LogP contribution is -2.35. The van der Waals surface area contributed by atoms with Crippen LogP contribution in [0, 0.1) is 13.8 Å². The number of anilines is 1. The van der Waals surface area contributed by atoms with Crippen molar-refractivity contribution >= 4 is 47.1 Å². The molecule has 3 rings (SSSR count). The lowest BCUT2D eigenvalue weighted by Gasteiger charge is -2.18. The van der Waals surface area contributed by atoms with E-state index in [-0.39, 0.29) is 17.6 Å². The third-order valence-electron chi connectivity index (χ3n) is 6.89. The van der Waals surface area contributed by atoms with Crippen LogP contribution in [0.5, 0.6) is 5.75 Å². The molecule has 0 unspecified atom stereocenters. The minimum Gasteiger partial charge on any atom is -0.451 e. The Labute approximate surface area is 244 Å². The summed E-state index contributed by atoms with van der Waals surface area (Å²) in [6.45, 7) is 14.6. The van der Waals surface area contributed by atoms with Gasteiger partial charge in [0.25, 0.3) is 11.8 Å². The maximum Gasteiger partial charge on any atom is 0.352 e. The summed E-state index contributed by atoms with van der Waals surface area (Å²) in [6.07, 6.45) is -0.802. The van der Waals surface area contributed by atoms with Crippen molar-refractivity contribution in [2.75, 3.05) is 31.5 Å². The molecule has 0 fully saturated rings. The maximum absolute atomic E-state index is 13.0. The Balaban J connectivity index is 1.76. The van der Waals surface area contributed by atoms with Gasteiger partial charge < -0.3 is 34.7 Å². The number of hydrogen-bond donors (Lipinski definition) is 3. The van der Waals surface area contributed by atoms with E-state index in [1.54, 1.807) is 19.1 Å². The Morgan fingerprint density at radius 2 is 1.69 bits per heavy atom. The lowest BCUT2D eigenvalue weighted by atomic mass is 10.0. The van der Waals surface area contributed by atoms with Crippen LogP contribution in [-0.2, 0) is 28.7 Å². The molecule has 1 aromatic heterocycles. The third kappa shape index (κ3) is 7.64. The van der Waals surface area contributed by atoms with Crippen LogP contribution in [0.15, 0.2) is 18.2 Å². The van der Waals surface area contributed by atoms with Gasteiger partial charge in [-0.3, -0.25) is 14.4 Å². The van der Waals surface area contributed by atoms with E-state index in [0.717, 1.165) is 26.6 Å². The zero-order valence-corrected chi connectivity index (χ0v) is 25.0. The number of amides is 2. The summed E-state index contributed by atoms with van der Waals surface area (Å²) >= 11 is 0. The topological polar surface area (TPSA) is 156 Å². The van der Waals surface area contributed by atoms with Crippen molar-refractivity contribution in [3.63, 3.8) is 0 Å². The number of fused-ring (bicyclic) bond motifs is 1. The van der Waals surface area contributed by atoms with Crippen molar-refractivity contribution in [2.45, 2.75) is 60.7 Å². The molecule has 2 heterocycles. The summed E-state index contributed by atoms with van der Waals surface area (Å²) in [6, 6.07) is 4.62. The van der Waals surface area contributed by atoms with Crippen molar-refractivity contribution in [3.8, 4) is 5.75 Å². The number of hydrogen-bond acceptors (Lipinski definition) is 9. The van der Waals surface area contributed by atoms with Crippen LogP contribution in [0.3, 0.4) is 0 Å². The highest BCUT2D eigenvalue weighted by atomic mass is 16.6. The van der Waals surface area contributed by atoms with Crippen molar-refractivity contribution in [1.29, 1.82) is 0 Å². The zero-order valence-electron chi connectivity index (χ0n) is 25.0. The van der Waals surface area contributed by atoms with Gasteiger partial charge in [-0.1, -0.05) is 13.8 Å². The highest BCUT2D eigenvalue weighted by molar-refractivity contribution is 6.35. The van der Waals surface area contributed by atoms with Crippen molar-refractivity contribution < 1.29 is 38.2 Å². The standard InChI is InChI=1S/C30H38N4O8/c1-8-34(9-2)13-12-31-28(37)26-16(3)25(32-17(26)4)15-23-22-14-21(10-11-24(22)33-27(23)36)42-30(39)19(6)41-29(38)18(5)40-20(7)35/h10-11,14-15,18-19,32H,8-9,12-13H2,1-7H3,(H,31,37)(H,33,36)/b23-15-/t18-,19-/m0/s1. The summed E-state index contributed by atoms with van der Waals surface area (Å²) in [5, 5.41) is 5.75. The van der Waals surface area contributed by atoms with Crippen LogP contribution >= 0.6 is 0 Å². The van der Waals surface area contributed by atoms with E-state index in [1.165, 1.54) is 26.0 Å².